The first-order valence-electron chi connectivity index (χ1n) is 5.98. The van der Waals surface area contributed by atoms with Gasteiger partial charge in [0.15, 0.2) is 5.69 Å². The van der Waals surface area contributed by atoms with E-state index in [1.165, 1.54) is 21.6 Å². The number of carbonyl (C=O) groups excluding carboxylic acids is 2. The minimum absolute atomic E-state index is 0.0246. The van der Waals surface area contributed by atoms with Gasteiger partial charge in [0.05, 0.1) is 6.04 Å². The van der Waals surface area contributed by atoms with E-state index in [0.29, 0.717) is 18.1 Å². The number of urea groups is 1. The molecule has 0 radical (unpaired) electrons. The van der Waals surface area contributed by atoms with Crippen molar-refractivity contribution in [2.24, 2.45) is 0 Å². The number of amides is 3. The number of nitrogens with one attached hydrogen (secondary N) is 2. The van der Waals surface area contributed by atoms with Crippen molar-refractivity contribution in [1.82, 2.24) is 20.5 Å². The van der Waals surface area contributed by atoms with Gasteiger partial charge in [0.1, 0.15) is 11.6 Å². The molecule has 2 rings (SSSR count). The zero-order valence-electron chi connectivity index (χ0n) is 10.8. The maximum absolute atomic E-state index is 12.0. The lowest BCUT2D eigenvalue weighted by Crippen LogP contribution is -2.53. The van der Waals surface area contributed by atoms with Gasteiger partial charge in [0, 0.05) is 18.5 Å². The van der Waals surface area contributed by atoms with Gasteiger partial charge < -0.3 is 20.6 Å². The van der Waals surface area contributed by atoms with Gasteiger partial charge in [-0.15, -0.1) is 11.3 Å². The number of aromatic carboxylic acids is 1. The van der Waals surface area contributed by atoms with Crippen molar-refractivity contribution < 1.29 is 19.5 Å². The normalized spacial score (nSPS) is 16.4. The summed E-state index contributed by atoms with van der Waals surface area (Å²) in [5, 5.41) is 16.1. The van der Waals surface area contributed by atoms with Gasteiger partial charge in [-0.2, -0.15) is 0 Å². The fourth-order valence-corrected chi connectivity index (χ4v) is 2.53. The summed E-state index contributed by atoms with van der Waals surface area (Å²) in [6.07, 6.45) is 0. The predicted octanol–water partition coefficient (Wildman–Crippen LogP) is 0.0437. The molecule has 3 N–H and O–H groups in total. The molecular weight excluding hydrogens is 284 g/mol. The summed E-state index contributed by atoms with van der Waals surface area (Å²) in [6, 6.07) is -0.773. The van der Waals surface area contributed by atoms with Crippen molar-refractivity contribution in [3.05, 3.63) is 16.1 Å². The van der Waals surface area contributed by atoms with Crippen molar-refractivity contribution in [1.29, 1.82) is 0 Å². The Morgan fingerprint density at radius 2 is 2.35 bits per heavy atom. The fraction of sp³-hybridized carbons (Fsp3) is 0.455. The van der Waals surface area contributed by atoms with Crippen LogP contribution in [-0.2, 0) is 4.79 Å². The molecule has 9 heteroatoms. The number of nitrogens with zero attached hydrogens (tertiary/aromatic N) is 2. The molecule has 108 valence electrons. The third kappa shape index (κ3) is 3.23. The standard InChI is InChI=1S/C11H14N4O4S/c1-6(9-14-7(5-20-9)10(17)18)13-11(19)15-3-2-12-8(16)4-15/h5-6H,2-4H2,1H3,(H,12,16)(H,13,19)(H,17,18). The molecule has 1 unspecified atom stereocenters. The first-order valence-corrected chi connectivity index (χ1v) is 6.86. The molecule has 0 spiro atoms. The smallest absolute Gasteiger partial charge is 0.355 e. The molecule has 1 aromatic rings. The summed E-state index contributed by atoms with van der Waals surface area (Å²) in [7, 11) is 0. The van der Waals surface area contributed by atoms with Gasteiger partial charge in [0.2, 0.25) is 5.91 Å². The molecule has 1 aliphatic heterocycles. The average molecular weight is 298 g/mol. The fourth-order valence-electron chi connectivity index (χ4n) is 1.73. The van der Waals surface area contributed by atoms with E-state index in [4.69, 9.17) is 5.11 Å². The molecule has 0 saturated carbocycles. The molecule has 2 heterocycles. The Kier molecular flexibility index (Phi) is 4.18. The zero-order valence-corrected chi connectivity index (χ0v) is 11.6. The highest BCUT2D eigenvalue weighted by atomic mass is 32.1. The van der Waals surface area contributed by atoms with E-state index >= 15 is 0 Å². The second-order valence-electron chi connectivity index (χ2n) is 4.32. The Morgan fingerprint density at radius 3 is 2.95 bits per heavy atom. The highest BCUT2D eigenvalue weighted by molar-refractivity contribution is 7.09. The lowest BCUT2D eigenvalue weighted by Gasteiger charge is -2.27. The highest BCUT2D eigenvalue weighted by Crippen LogP contribution is 2.18. The third-order valence-electron chi connectivity index (χ3n) is 2.78. The molecule has 1 fully saturated rings. The van der Waals surface area contributed by atoms with Crippen molar-refractivity contribution in [3.63, 3.8) is 0 Å². The molecule has 8 nitrogen and oxygen atoms in total. The molecule has 1 aliphatic rings. The van der Waals surface area contributed by atoms with Crippen LogP contribution in [0.1, 0.15) is 28.5 Å². The van der Waals surface area contributed by atoms with Gasteiger partial charge in [0.25, 0.3) is 0 Å². The van der Waals surface area contributed by atoms with Crippen LogP contribution in [0.15, 0.2) is 5.38 Å². The molecule has 3 amide bonds. The third-order valence-corrected chi connectivity index (χ3v) is 3.80. The molecule has 1 aromatic heterocycles. The summed E-state index contributed by atoms with van der Waals surface area (Å²) < 4.78 is 0. The number of aromatic nitrogens is 1. The van der Waals surface area contributed by atoms with Gasteiger partial charge in [-0.05, 0) is 6.92 Å². The SMILES string of the molecule is CC(NC(=O)N1CCNC(=O)C1)c1nc(C(=O)O)cs1. The number of carboxylic acids is 1. The maximum atomic E-state index is 12.0. The van der Waals surface area contributed by atoms with Crippen LogP contribution in [0.4, 0.5) is 4.79 Å². The lowest BCUT2D eigenvalue weighted by molar-refractivity contribution is -0.123. The Bertz CT molecular complexity index is 544. The number of hydrogen-bond donors (Lipinski definition) is 3. The second-order valence-corrected chi connectivity index (χ2v) is 5.21. The lowest BCUT2D eigenvalue weighted by atomic mass is 10.3. The summed E-state index contributed by atoms with van der Waals surface area (Å²) >= 11 is 1.17. The first kappa shape index (κ1) is 14.3. The number of carbonyl (C=O) groups is 3. The van der Waals surface area contributed by atoms with Crippen LogP contribution in [0, 0.1) is 0 Å². The predicted molar refractivity (Wildman–Crippen MR) is 70.6 cm³/mol. The quantitative estimate of drug-likeness (QED) is 0.729. The molecule has 0 aromatic carbocycles. The molecule has 1 saturated heterocycles. The largest absolute Gasteiger partial charge is 0.476 e. The van der Waals surface area contributed by atoms with Gasteiger partial charge >= 0.3 is 12.0 Å². The van der Waals surface area contributed by atoms with Crippen molar-refractivity contribution in [2.45, 2.75) is 13.0 Å². The van der Waals surface area contributed by atoms with E-state index in [1.807, 2.05) is 0 Å². The Morgan fingerprint density at radius 1 is 1.60 bits per heavy atom. The highest BCUT2D eigenvalue weighted by Gasteiger charge is 2.23. The molecule has 1 atom stereocenters. The number of hydrogen-bond acceptors (Lipinski definition) is 5. The van der Waals surface area contributed by atoms with Crippen molar-refractivity contribution >= 4 is 29.2 Å². The molecule has 20 heavy (non-hydrogen) atoms. The topological polar surface area (TPSA) is 112 Å². The van der Waals surface area contributed by atoms with E-state index in [2.05, 4.69) is 15.6 Å². The van der Waals surface area contributed by atoms with Crippen LogP contribution in [-0.4, -0.2) is 52.5 Å². The summed E-state index contributed by atoms with van der Waals surface area (Å²) in [4.78, 5) is 39.2. The molecular formula is C11H14N4O4S. The van der Waals surface area contributed by atoms with E-state index in [0.717, 1.165) is 0 Å². The average Bonchev–Trinajstić information content (AvgIpc) is 2.88. The van der Waals surface area contributed by atoms with Crippen LogP contribution < -0.4 is 10.6 Å². The second kappa shape index (κ2) is 5.87. The Labute approximate surface area is 118 Å². The minimum Gasteiger partial charge on any atom is -0.476 e. The number of carboxylic acid groups (broad SMARTS) is 1. The van der Waals surface area contributed by atoms with Crippen LogP contribution >= 0.6 is 11.3 Å². The van der Waals surface area contributed by atoms with Crippen molar-refractivity contribution in [3.8, 4) is 0 Å². The van der Waals surface area contributed by atoms with Crippen LogP contribution in [0.25, 0.3) is 0 Å². The van der Waals surface area contributed by atoms with Crippen LogP contribution in [0.2, 0.25) is 0 Å². The summed E-state index contributed by atoms with van der Waals surface area (Å²) in [5.74, 6) is -1.29. The van der Waals surface area contributed by atoms with Gasteiger partial charge in [-0.25, -0.2) is 14.6 Å². The zero-order chi connectivity index (χ0) is 14.7. The number of piperazine rings is 1. The summed E-state index contributed by atoms with van der Waals surface area (Å²) in [6.45, 7) is 2.62. The monoisotopic (exact) mass is 298 g/mol. The first-order chi connectivity index (χ1) is 9.47. The number of thiazole rings is 1. The van der Waals surface area contributed by atoms with Gasteiger partial charge in [-0.3, -0.25) is 4.79 Å². The molecule has 0 aliphatic carbocycles. The van der Waals surface area contributed by atoms with Gasteiger partial charge in [-0.1, -0.05) is 0 Å². The van der Waals surface area contributed by atoms with Crippen LogP contribution in [0.5, 0.6) is 0 Å². The van der Waals surface area contributed by atoms with E-state index in [9.17, 15) is 14.4 Å². The minimum atomic E-state index is -1.10. The summed E-state index contributed by atoms with van der Waals surface area (Å²) in [5.41, 5.74) is -0.0385. The van der Waals surface area contributed by atoms with E-state index in [-0.39, 0.29) is 24.2 Å². The Balaban J connectivity index is 1.95. The van der Waals surface area contributed by atoms with E-state index in [1.54, 1.807) is 6.92 Å². The van der Waals surface area contributed by atoms with E-state index < -0.39 is 12.0 Å². The maximum Gasteiger partial charge on any atom is 0.355 e. The number of rotatable bonds is 3. The molecule has 0 bridgehead atoms. The Hall–Kier alpha value is -2.16. The van der Waals surface area contributed by atoms with Crippen molar-refractivity contribution in [2.75, 3.05) is 19.6 Å². The van der Waals surface area contributed by atoms with Crippen LogP contribution in [0.3, 0.4) is 0 Å².